The smallest absolute Gasteiger partial charge is 0.408 e. The third-order valence-corrected chi connectivity index (χ3v) is 4.57. The van der Waals surface area contributed by atoms with Crippen LogP contribution < -0.4 is 10.6 Å². The summed E-state index contributed by atoms with van der Waals surface area (Å²) in [6.07, 6.45) is 7.59. The Morgan fingerprint density at radius 3 is 2.27 bits per heavy atom. The Balaban J connectivity index is 3.32. The molecule has 7 nitrogen and oxygen atoms in total. The Labute approximate surface area is 198 Å². The molecule has 0 radical (unpaired) electrons. The van der Waals surface area contributed by atoms with E-state index in [1.807, 2.05) is 20.8 Å². The molecule has 0 saturated heterocycles. The number of hydrogen-bond donors (Lipinski definition) is 2. The van der Waals surface area contributed by atoms with Crippen LogP contribution in [0, 0.1) is 12.3 Å². The summed E-state index contributed by atoms with van der Waals surface area (Å²) in [5.41, 5.74) is -0.0777. The van der Waals surface area contributed by atoms with Crippen LogP contribution in [0.5, 0.6) is 0 Å². The van der Waals surface area contributed by atoms with E-state index in [-0.39, 0.29) is 12.5 Å². The number of carbonyl (C=O) groups excluding carboxylic acids is 3. The van der Waals surface area contributed by atoms with E-state index in [0.717, 1.165) is 12.8 Å². The number of rotatable bonds is 9. The normalized spacial score (nSPS) is 12.3. The van der Waals surface area contributed by atoms with Crippen LogP contribution in [0.4, 0.5) is 4.79 Å². The van der Waals surface area contributed by atoms with Gasteiger partial charge in [-0.3, -0.25) is 9.59 Å². The summed E-state index contributed by atoms with van der Waals surface area (Å²) in [5.74, 6) is 1.91. The van der Waals surface area contributed by atoms with E-state index in [9.17, 15) is 14.4 Å². The number of nitrogens with one attached hydrogen (secondary N) is 2. The number of alkyl carbamates (subject to hydrolysis) is 1. The van der Waals surface area contributed by atoms with Crippen LogP contribution in [0.15, 0.2) is 24.3 Å². The van der Waals surface area contributed by atoms with E-state index in [1.54, 1.807) is 45.0 Å². The molecule has 1 atom stereocenters. The molecule has 33 heavy (non-hydrogen) atoms. The van der Waals surface area contributed by atoms with Crippen molar-refractivity contribution in [3.63, 3.8) is 0 Å². The lowest BCUT2D eigenvalue weighted by molar-refractivity contribution is -0.141. The lowest BCUT2D eigenvalue weighted by Gasteiger charge is -2.34. The van der Waals surface area contributed by atoms with Crippen molar-refractivity contribution in [1.82, 2.24) is 15.5 Å². The van der Waals surface area contributed by atoms with Gasteiger partial charge < -0.3 is 20.3 Å². The minimum Gasteiger partial charge on any atom is -0.444 e. The van der Waals surface area contributed by atoms with Gasteiger partial charge in [0.1, 0.15) is 18.2 Å². The van der Waals surface area contributed by atoms with Gasteiger partial charge in [-0.25, -0.2) is 4.79 Å². The number of carbonyl (C=O) groups is 3. The summed E-state index contributed by atoms with van der Waals surface area (Å²) in [6, 6.07) is 6.18. The van der Waals surface area contributed by atoms with Crippen molar-refractivity contribution < 1.29 is 19.1 Å². The van der Waals surface area contributed by atoms with Gasteiger partial charge in [-0.15, -0.1) is 6.42 Å². The van der Waals surface area contributed by atoms with Crippen LogP contribution in [0.2, 0.25) is 0 Å². The van der Waals surface area contributed by atoms with Crippen molar-refractivity contribution in [2.75, 3.05) is 13.1 Å². The van der Waals surface area contributed by atoms with Gasteiger partial charge in [0.15, 0.2) is 0 Å². The van der Waals surface area contributed by atoms with Crippen LogP contribution in [-0.4, -0.2) is 47.0 Å². The molecule has 0 spiro atoms. The topological polar surface area (TPSA) is 87.7 Å². The number of unbranched alkanes of at least 4 members (excludes halogenated alkanes) is 2. The van der Waals surface area contributed by atoms with E-state index in [0.29, 0.717) is 24.1 Å². The second-order valence-corrected chi connectivity index (χ2v) is 10.0. The fourth-order valence-corrected chi connectivity index (χ4v) is 3.25. The third-order valence-electron chi connectivity index (χ3n) is 4.57. The van der Waals surface area contributed by atoms with Crippen LogP contribution in [-0.2, 0) is 14.3 Å². The molecule has 1 rings (SSSR count). The molecule has 0 aliphatic rings. The highest BCUT2D eigenvalue weighted by molar-refractivity contribution is 5.91. The Morgan fingerprint density at radius 1 is 1.09 bits per heavy atom. The summed E-state index contributed by atoms with van der Waals surface area (Å²) >= 11 is 0. The predicted molar refractivity (Wildman–Crippen MR) is 130 cm³/mol. The molecule has 0 bridgehead atoms. The van der Waals surface area contributed by atoms with Gasteiger partial charge in [0.05, 0.1) is 0 Å². The molecule has 0 aliphatic heterocycles. The van der Waals surface area contributed by atoms with E-state index in [4.69, 9.17) is 11.2 Å². The quantitative estimate of drug-likeness (QED) is 0.430. The zero-order valence-electron chi connectivity index (χ0n) is 21.1. The Morgan fingerprint density at radius 2 is 1.73 bits per heavy atom. The molecule has 0 heterocycles. The van der Waals surface area contributed by atoms with Gasteiger partial charge in [-0.05, 0) is 59.6 Å². The maximum Gasteiger partial charge on any atom is 0.408 e. The zero-order chi connectivity index (χ0) is 25.2. The zero-order valence-corrected chi connectivity index (χ0v) is 21.1. The molecule has 0 aliphatic carbocycles. The van der Waals surface area contributed by atoms with E-state index >= 15 is 0 Å². The van der Waals surface area contributed by atoms with Crippen LogP contribution >= 0.6 is 0 Å². The lowest BCUT2D eigenvalue weighted by atomic mass is 9.96. The SMILES string of the molecule is C#Cc1ccccc1C(C(=O)NC(C)(C)C)N(CCCCC)C(=O)CNC(=O)OC(C)(C)C. The predicted octanol–water partition coefficient (Wildman–Crippen LogP) is 4.17. The van der Waals surface area contributed by atoms with E-state index in [2.05, 4.69) is 23.5 Å². The minimum absolute atomic E-state index is 0.293. The van der Waals surface area contributed by atoms with Crippen molar-refractivity contribution in [2.24, 2.45) is 0 Å². The van der Waals surface area contributed by atoms with Crippen molar-refractivity contribution in [1.29, 1.82) is 0 Å². The minimum atomic E-state index is -0.929. The Hall–Kier alpha value is -3.01. The molecule has 182 valence electrons. The molecule has 0 aromatic heterocycles. The number of terminal acetylenes is 1. The number of nitrogens with zero attached hydrogens (tertiary/aromatic N) is 1. The van der Waals surface area contributed by atoms with Crippen molar-refractivity contribution in [3.05, 3.63) is 35.4 Å². The van der Waals surface area contributed by atoms with Crippen LogP contribution in [0.3, 0.4) is 0 Å². The molecule has 0 fully saturated rings. The summed E-state index contributed by atoms with van der Waals surface area (Å²) in [4.78, 5) is 40.4. The molecular weight excluding hydrogens is 418 g/mol. The largest absolute Gasteiger partial charge is 0.444 e. The number of ether oxygens (including phenoxy) is 1. The molecule has 3 amide bonds. The number of hydrogen-bond acceptors (Lipinski definition) is 4. The maximum absolute atomic E-state index is 13.4. The molecule has 1 aromatic rings. The molecule has 1 unspecified atom stereocenters. The van der Waals surface area contributed by atoms with Crippen LogP contribution in [0.25, 0.3) is 0 Å². The fourth-order valence-electron chi connectivity index (χ4n) is 3.25. The van der Waals surface area contributed by atoms with Gasteiger partial charge >= 0.3 is 6.09 Å². The monoisotopic (exact) mass is 457 g/mol. The molecule has 7 heteroatoms. The fraction of sp³-hybridized carbons (Fsp3) is 0.577. The van der Waals surface area contributed by atoms with E-state index < -0.39 is 29.2 Å². The van der Waals surface area contributed by atoms with Crippen molar-refractivity contribution in [3.8, 4) is 12.3 Å². The summed E-state index contributed by atoms with van der Waals surface area (Å²) in [7, 11) is 0. The highest BCUT2D eigenvalue weighted by atomic mass is 16.6. The van der Waals surface area contributed by atoms with Crippen molar-refractivity contribution in [2.45, 2.75) is 84.9 Å². The standard InChI is InChI=1S/C26H39N3O4/c1-9-11-14-17-29(21(30)18-27-24(32)33-26(6,7)8)22(23(31)28-25(3,4)5)20-16-13-12-15-19(20)10-2/h2,12-13,15-16,22H,9,11,14,17-18H2,1,3-8H3,(H,27,32)(H,28,31). The summed E-state index contributed by atoms with van der Waals surface area (Å²) in [5, 5.41) is 5.48. The first kappa shape index (κ1) is 28.0. The highest BCUT2D eigenvalue weighted by Gasteiger charge is 2.34. The van der Waals surface area contributed by atoms with Crippen LogP contribution in [0.1, 0.15) is 84.9 Å². The first-order valence-electron chi connectivity index (χ1n) is 11.4. The second-order valence-electron chi connectivity index (χ2n) is 10.0. The summed E-state index contributed by atoms with van der Waals surface area (Å²) in [6.45, 7) is 13.0. The average molecular weight is 458 g/mol. The second kappa shape index (κ2) is 12.3. The first-order valence-corrected chi connectivity index (χ1v) is 11.4. The average Bonchev–Trinajstić information content (AvgIpc) is 2.69. The third kappa shape index (κ3) is 9.98. The van der Waals surface area contributed by atoms with Gasteiger partial charge in [0, 0.05) is 17.6 Å². The first-order chi connectivity index (χ1) is 15.3. The highest BCUT2D eigenvalue weighted by Crippen LogP contribution is 2.26. The van der Waals surface area contributed by atoms with Crippen molar-refractivity contribution >= 4 is 17.9 Å². The maximum atomic E-state index is 13.4. The molecule has 1 aromatic carbocycles. The van der Waals surface area contributed by atoms with Gasteiger partial charge in [-0.2, -0.15) is 0 Å². The Bertz CT molecular complexity index is 860. The molecular formula is C26H39N3O4. The van der Waals surface area contributed by atoms with Gasteiger partial charge in [0.25, 0.3) is 0 Å². The van der Waals surface area contributed by atoms with Gasteiger partial charge in [0.2, 0.25) is 11.8 Å². The Kier molecular flexibility index (Phi) is 10.4. The summed E-state index contributed by atoms with van der Waals surface area (Å²) < 4.78 is 5.23. The molecule has 0 saturated carbocycles. The number of benzene rings is 1. The van der Waals surface area contributed by atoms with E-state index in [1.165, 1.54) is 4.90 Å². The molecule has 2 N–H and O–H groups in total. The lowest BCUT2D eigenvalue weighted by Crippen LogP contribution is -2.51. The van der Waals surface area contributed by atoms with Gasteiger partial charge in [-0.1, -0.05) is 43.9 Å². The number of amides is 3.